The molecule has 0 bridgehead atoms. The van der Waals surface area contributed by atoms with Crippen LogP contribution in [-0.2, 0) is 9.36 Å². The van der Waals surface area contributed by atoms with E-state index in [1.165, 1.54) is 0 Å². The highest BCUT2D eigenvalue weighted by Crippen LogP contribution is 2.40. The lowest BCUT2D eigenvalue weighted by atomic mass is 10.1. The summed E-state index contributed by atoms with van der Waals surface area (Å²) in [4.78, 5) is 27.3. The maximum atomic E-state index is 10.6. The largest absolute Gasteiger partial charge is 0.480 e. The Kier molecular flexibility index (Phi) is 4.70. The normalized spacial score (nSPS) is 14.8. The number of carbonyl (C=O) groups is 1. The smallest absolute Gasteiger partial charge is 0.426 e. The van der Waals surface area contributed by atoms with Crippen LogP contribution in [0.25, 0.3) is 0 Å². The number of carboxylic acid groups (broad SMARTS) is 1. The molecule has 0 amide bonds. The molecule has 1 atom stereocenters. The third kappa shape index (κ3) is 4.17. The van der Waals surface area contributed by atoms with E-state index < -0.39 is 24.6 Å². The van der Waals surface area contributed by atoms with Gasteiger partial charge in [0, 0.05) is 0 Å². The summed E-state index contributed by atoms with van der Waals surface area (Å²) in [7, 11) is -4.91. The summed E-state index contributed by atoms with van der Waals surface area (Å²) >= 11 is 0. The molecule has 0 aliphatic heterocycles. The molecule has 0 aromatic carbocycles. The zero-order valence-corrected chi connectivity index (χ0v) is 8.76. The van der Waals surface area contributed by atoms with Crippen LogP contribution in [0, 0.1) is 5.92 Å². The van der Waals surface area contributed by atoms with Gasteiger partial charge < -0.3 is 20.1 Å². The van der Waals surface area contributed by atoms with Gasteiger partial charge in [0.05, 0.1) is 0 Å². The Hall–Kier alpha value is -0.460. The standard InChI is InChI=1S/C6H14NO6P/c1-4(2)3-5(6(8)9)7(10)14(11,12)13/h4-5,10H,3H2,1-2H3,(H,8,9)(H2,11,12,13)/t5-/m0/s1. The third-order valence-electron chi connectivity index (χ3n) is 1.53. The number of nitrogens with zero attached hydrogens (tertiary/aromatic N) is 1. The topological polar surface area (TPSA) is 118 Å². The average Bonchev–Trinajstić information content (AvgIpc) is 1.96. The molecule has 84 valence electrons. The lowest BCUT2D eigenvalue weighted by Gasteiger charge is -2.23. The molecule has 0 unspecified atom stereocenters. The number of rotatable bonds is 5. The zero-order chi connectivity index (χ0) is 11.5. The van der Waals surface area contributed by atoms with E-state index >= 15 is 0 Å². The highest BCUT2D eigenvalue weighted by Gasteiger charge is 2.36. The Labute approximate surface area is 81.1 Å². The summed E-state index contributed by atoms with van der Waals surface area (Å²) in [5, 5.41) is 17.6. The van der Waals surface area contributed by atoms with Crippen molar-refractivity contribution in [2.75, 3.05) is 0 Å². The van der Waals surface area contributed by atoms with Crippen molar-refractivity contribution in [3.8, 4) is 0 Å². The van der Waals surface area contributed by atoms with Gasteiger partial charge >= 0.3 is 13.7 Å². The number of hydrogen-bond acceptors (Lipinski definition) is 3. The summed E-state index contributed by atoms with van der Waals surface area (Å²) in [6.07, 6.45) is -0.0447. The maximum Gasteiger partial charge on any atom is 0.426 e. The molecule has 0 saturated heterocycles. The molecule has 8 heteroatoms. The van der Waals surface area contributed by atoms with Crippen molar-refractivity contribution in [2.24, 2.45) is 5.92 Å². The van der Waals surface area contributed by atoms with Crippen LogP contribution in [0.3, 0.4) is 0 Å². The summed E-state index contributed by atoms with van der Waals surface area (Å²) in [6.45, 7) is 3.37. The van der Waals surface area contributed by atoms with Crippen LogP contribution in [0.4, 0.5) is 0 Å². The van der Waals surface area contributed by atoms with Gasteiger partial charge in [-0.25, -0.2) is 4.57 Å². The van der Waals surface area contributed by atoms with Crippen molar-refractivity contribution in [3.63, 3.8) is 0 Å². The van der Waals surface area contributed by atoms with Gasteiger partial charge in [0.2, 0.25) is 0 Å². The summed E-state index contributed by atoms with van der Waals surface area (Å²) in [6, 6.07) is -1.59. The second kappa shape index (κ2) is 4.86. The third-order valence-corrected chi connectivity index (χ3v) is 2.34. The molecule has 14 heavy (non-hydrogen) atoms. The molecule has 0 rings (SSSR count). The van der Waals surface area contributed by atoms with Crippen LogP contribution in [0.5, 0.6) is 0 Å². The zero-order valence-electron chi connectivity index (χ0n) is 7.86. The highest BCUT2D eigenvalue weighted by atomic mass is 31.2. The first-order valence-corrected chi connectivity index (χ1v) is 5.49. The lowest BCUT2D eigenvalue weighted by Crippen LogP contribution is -2.37. The SMILES string of the molecule is CC(C)C[C@@H](C(=O)O)N(O)P(=O)(O)O. The minimum atomic E-state index is -4.91. The van der Waals surface area contributed by atoms with E-state index in [2.05, 4.69) is 0 Å². The van der Waals surface area contributed by atoms with E-state index in [-0.39, 0.29) is 12.3 Å². The van der Waals surface area contributed by atoms with Gasteiger partial charge in [-0.3, -0.25) is 4.79 Å². The van der Waals surface area contributed by atoms with E-state index in [4.69, 9.17) is 20.1 Å². The molecule has 4 N–H and O–H groups in total. The van der Waals surface area contributed by atoms with Crippen LogP contribution in [0.1, 0.15) is 20.3 Å². The van der Waals surface area contributed by atoms with Crippen LogP contribution in [0.2, 0.25) is 0 Å². The molecular weight excluding hydrogens is 213 g/mol. The highest BCUT2D eigenvalue weighted by molar-refractivity contribution is 7.48. The first-order chi connectivity index (χ1) is 6.16. The number of aliphatic carboxylic acids is 1. The van der Waals surface area contributed by atoms with Crippen molar-refractivity contribution in [3.05, 3.63) is 0 Å². The molecule has 0 spiro atoms. The molecule has 0 saturated carbocycles. The quantitative estimate of drug-likeness (QED) is 0.393. The second-order valence-electron chi connectivity index (χ2n) is 3.32. The van der Waals surface area contributed by atoms with Gasteiger partial charge in [-0.1, -0.05) is 18.7 Å². The van der Waals surface area contributed by atoms with Crippen LogP contribution < -0.4 is 0 Å². The van der Waals surface area contributed by atoms with Crippen molar-refractivity contribution in [2.45, 2.75) is 26.3 Å². The van der Waals surface area contributed by atoms with Gasteiger partial charge in [0.1, 0.15) is 6.04 Å². The summed E-state index contributed by atoms with van der Waals surface area (Å²) in [5.41, 5.74) is 0. The fraction of sp³-hybridized carbons (Fsp3) is 0.833. The van der Waals surface area contributed by atoms with Gasteiger partial charge in [-0.05, 0) is 12.3 Å². The van der Waals surface area contributed by atoms with Crippen LogP contribution in [0.15, 0.2) is 0 Å². The lowest BCUT2D eigenvalue weighted by molar-refractivity contribution is -0.155. The van der Waals surface area contributed by atoms with E-state index in [0.717, 1.165) is 0 Å². The first kappa shape index (κ1) is 13.5. The predicted molar refractivity (Wildman–Crippen MR) is 46.5 cm³/mol. The van der Waals surface area contributed by atoms with Crippen molar-refractivity contribution in [1.82, 2.24) is 4.83 Å². The van der Waals surface area contributed by atoms with Crippen molar-refractivity contribution in [1.29, 1.82) is 0 Å². The average molecular weight is 227 g/mol. The van der Waals surface area contributed by atoms with E-state index in [1.807, 2.05) is 0 Å². The maximum absolute atomic E-state index is 10.6. The molecule has 0 aromatic heterocycles. The number of hydrogen-bond donors (Lipinski definition) is 4. The molecular formula is C6H14NO6P. The molecule has 0 radical (unpaired) electrons. The second-order valence-corrected chi connectivity index (χ2v) is 4.75. The first-order valence-electron chi connectivity index (χ1n) is 3.93. The van der Waals surface area contributed by atoms with Gasteiger partial charge in [-0.15, -0.1) is 0 Å². The Balaban J connectivity index is 4.67. The fourth-order valence-corrected chi connectivity index (χ4v) is 1.48. The molecule has 0 heterocycles. The molecule has 0 aliphatic rings. The number of carboxylic acids is 1. The molecule has 0 aliphatic carbocycles. The predicted octanol–water partition coefficient (Wildman–Crippen LogP) is 0.270. The van der Waals surface area contributed by atoms with Crippen LogP contribution >= 0.6 is 7.75 Å². The Morgan fingerprint density at radius 3 is 2.07 bits per heavy atom. The Bertz CT molecular complexity index is 249. The monoisotopic (exact) mass is 227 g/mol. The van der Waals surface area contributed by atoms with Gasteiger partial charge in [0.25, 0.3) is 0 Å². The van der Waals surface area contributed by atoms with E-state index in [0.29, 0.717) is 0 Å². The van der Waals surface area contributed by atoms with Gasteiger partial charge in [0.15, 0.2) is 0 Å². The number of hydroxylamine groups is 1. The molecule has 0 fully saturated rings. The van der Waals surface area contributed by atoms with Crippen molar-refractivity contribution < 1.29 is 29.5 Å². The molecule has 0 aromatic rings. The fourth-order valence-electron chi connectivity index (χ4n) is 0.922. The summed E-state index contributed by atoms with van der Waals surface area (Å²) < 4.78 is 10.6. The minimum Gasteiger partial charge on any atom is -0.480 e. The van der Waals surface area contributed by atoms with E-state index in [1.54, 1.807) is 13.8 Å². The van der Waals surface area contributed by atoms with E-state index in [9.17, 15) is 9.36 Å². The molecule has 7 nitrogen and oxygen atoms in total. The summed E-state index contributed by atoms with van der Waals surface area (Å²) in [5.74, 6) is -1.57. The Morgan fingerprint density at radius 1 is 1.43 bits per heavy atom. The van der Waals surface area contributed by atoms with Crippen LogP contribution in [-0.4, -0.2) is 36.9 Å². The Morgan fingerprint density at radius 2 is 1.86 bits per heavy atom. The van der Waals surface area contributed by atoms with Gasteiger partial charge in [-0.2, -0.15) is 0 Å². The minimum absolute atomic E-state index is 0.0447. The van der Waals surface area contributed by atoms with Crippen molar-refractivity contribution >= 4 is 13.7 Å².